The molecule has 1 unspecified atom stereocenters. The molecule has 1 aromatic rings. The van der Waals surface area contributed by atoms with Gasteiger partial charge in [-0.25, -0.2) is 0 Å². The molecule has 1 N–H and O–H groups in total. The molecule has 0 aliphatic rings. The first-order valence-corrected chi connectivity index (χ1v) is 12.1. The van der Waals surface area contributed by atoms with Gasteiger partial charge in [-0.3, -0.25) is 4.21 Å². The van der Waals surface area contributed by atoms with Gasteiger partial charge in [-0.05, 0) is 68.1 Å². The van der Waals surface area contributed by atoms with Crippen LogP contribution in [0.5, 0.6) is 0 Å². The molecule has 4 heteroatoms. The van der Waals surface area contributed by atoms with Crippen molar-refractivity contribution in [1.82, 2.24) is 0 Å². The molecule has 0 bridgehead atoms. The summed E-state index contributed by atoms with van der Waals surface area (Å²) < 4.78 is 12.8. The molecule has 0 amide bonds. The van der Waals surface area contributed by atoms with Crippen molar-refractivity contribution >= 4 is 22.4 Å². The minimum Gasteiger partial charge on any atom is -0.396 e. The predicted octanol–water partition coefficient (Wildman–Crippen LogP) is 6.39. The summed E-state index contributed by atoms with van der Waals surface area (Å²) in [6.45, 7) is 19.2. The van der Waals surface area contributed by atoms with Gasteiger partial charge < -0.3 is 5.11 Å². The van der Waals surface area contributed by atoms with Gasteiger partial charge in [0.15, 0.2) is 0 Å². The van der Waals surface area contributed by atoms with Crippen molar-refractivity contribution in [1.29, 1.82) is 0 Å². The second kappa shape index (κ2) is 9.62. The Hall–Kier alpha value is -0.380. The van der Waals surface area contributed by atoms with Crippen molar-refractivity contribution in [3.05, 3.63) is 34.3 Å². The van der Waals surface area contributed by atoms with Gasteiger partial charge in [0.25, 0.3) is 0 Å². The smallest absolute Gasteiger partial charge is 0.0470 e. The summed E-state index contributed by atoms with van der Waals surface area (Å²) in [5.41, 5.74) is 2.08. The van der Waals surface area contributed by atoms with Gasteiger partial charge in [-0.2, -0.15) is 0 Å². The highest BCUT2D eigenvalue weighted by Crippen LogP contribution is 2.40. The Morgan fingerprint density at radius 1 is 1.07 bits per heavy atom. The average molecular weight is 429 g/mol. The molecule has 0 aliphatic carbocycles. The van der Waals surface area contributed by atoms with Gasteiger partial charge in [0, 0.05) is 38.3 Å². The number of halogens is 1. The maximum absolute atomic E-state index is 13.1. The van der Waals surface area contributed by atoms with Crippen molar-refractivity contribution in [2.45, 2.75) is 85.3 Å². The molecule has 1 rings (SSSR count). The van der Waals surface area contributed by atoms with E-state index in [1.165, 1.54) is 0 Å². The zero-order chi connectivity index (χ0) is 21.9. The molecule has 0 fully saturated rings. The van der Waals surface area contributed by atoms with Crippen molar-refractivity contribution in [3.8, 4) is 0 Å². The highest BCUT2D eigenvalue weighted by atomic mass is 35.5. The molecule has 0 saturated carbocycles. The molecule has 0 spiro atoms. The van der Waals surface area contributed by atoms with E-state index in [1.54, 1.807) is 0 Å². The molecule has 0 aromatic heterocycles. The summed E-state index contributed by atoms with van der Waals surface area (Å²) in [7, 11) is -1.03. The molecule has 0 radical (unpaired) electrons. The number of aryl methyl sites for hydroxylation is 1. The Kier molecular flexibility index (Phi) is 8.81. The van der Waals surface area contributed by atoms with E-state index in [0.717, 1.165) is 29.0 Å². The highest BCUT2D eigenvalue weighted by Gasteiger charge is 2.41. The molecule has 3 atom stereocenters. The lowest BCUT2D eigenvalue weighted by Gasteiger charge is -2.41. The van der Waals surface area contributed by atoms with Crippen LogP contribution >= 0.6 is 11.6 Å². The van der Waals surface area contributed by atoms with Gasteiger partial charge in [0.2, 0.25) is 0 Å². The summed E-state index contributed by atoms with van der Waals surface area (Å²) in [5.74, 6) is 0.791. The molecular formula is C24H41ClO2S. The van der Waals surface area contributed by atoms with Crippen LogP contribution in [-0.2, 0) is 22.6 Å². The van der Waals surface area contributed by atoms with Crippen LogP contribution in [0.3, 0.4) is 0 Å². The second-order valence-corrected chi connectivity index (χ2v) is 13.5. The van der Waals surface area contributed by atoms with Crippen molar-refractivity contribution in [3.63, 3.8) is 0 Å². The lowest BCUT2D eigenvalue weighted by atomic mass is 9.68. The van der Waals surface area contributed by atoms with E-state index in [0.29, 0.717) is 5.75 Å². The number of hydrogen-bond acceptors (Lipinski definition) is 2. The van der Waals surface area contributed by atoms with Crippen LogP contribution in [0.2, 0.25) is 5.02 Å². The summed E-state index contributed by atoms with van der Waals surface area (Å²) in [6, 6.07) is 6.30. The first-order chi connectivity index (χ1) is 12.6. The molecule has 28 heavy (non-hydrogen) atoms. The maximum Gasteiger partial charge on any atom is 0.0470 e. The van der Waals surface area contributed by atoms with Crippen molar-refractivity contribution < 1.29 is 9.32 Å². The normalized spacial score (nSPS) is 17.4. The van der Waals surface area contributed by atoms with Gasteiger partial charge in [0.1, 0.15) is 0 Å². The third-order valence-electron chi connectivity index (χ3n) is 5.79. The lowest BCUT2D eigenvalue weighted by Crippen LogP contribution is -2.44. The minimum absolute atomic E-state index is 0.00953. The Morgan fingerprint density at radius 3 is 2.04 bits per heavy atom. The van der Waals surface area contributed by atoms with Crippen LogP contribution in [-0.4, -0.2) is 26.4 Å². The Morgan fingerprint density at radius 2 is 1.64 bits per heavy atom. The molecule has 1 aromatic carbocycles. The molecule has 2 nitrogen and oxygen atoms in total. The summed E-state index contributed by atoms with van der Waals surface area (Å²) in [4.78, 5) is 0. The zero-order valence-corrected chi connectivity index (χ0v) is 20.9. The van der Waals surface area contributed by atoms with E-state index >= 15 is 0 Å². The first kappa shape index (κ1) is 25.7. The fraction of sp³-hybridized carbons (Fsp3) is 0.750. The van der Waals surface area contributed by atoms with Crippen LogP contribution in [0.4, 0.5) is 0 Å². The second-order valence-electron chi connectivity index (χ2n) is 10.9. The minimum atomic E-state index is -1.03. The summed E-state index contributed by atoms with van der Waals surface area (Å²) >= 11 is 6.68. The topological polar surface area (TPSA) is 37.3 Å². The number of aliphatic hydroxyl groups excluding tert-OH is 1. The maximum atomic E-state index is 13.1. The number of benzene rings is 1. The predicted molar refractivity (Wildman–Crippen MR) is 125 cm³/mol. The van der Waals surface area contributed by atoms with Crippen LogP contribution in [0.15, 0.2) is 18.2 Å². The van der Waals surface area contributed by atoms with Gasteiger partial charge in [0.05, 0.1) is 0 Å². The lowest BCUT2D eigenvalue weighted by molar-refractivity contribution is 0.129. The molecule has 0 heterocycles. The van der Waals surface area contributed by atoms with Gasteiger partial charge >= 0.3 is 0 Å². The molecule has 162 valence electrons. The van der Waals surface area contributed by atoms with Crippen LogP contribution in [0.1, 0.15) is 79.9 Å². The number of rotatable bonds is 8. The van der Waals surface area contributed by atoms with Gasteiger partial charge in [-0.1, -0.05) is 65.3 Å². The summed E-state index contributed by atoms with van der Waals surface area (Å²) in [6.07, 6.45) is 2.02. The third kappa shape index (κ3) is 6.85. The van der Waals surface area contributed by atoms with Crippen LogP contribution in [0.25, 0.3) is 0 Å². The third-order valence-corrected chi connectivity index (χ3v) is 8.37. The highest BCUT2D eigenvalue weighted by molar-refractivity contribution is 7.86. The first-order valence-electron chi connectivity index (χ1n) is 10.4. The van der Waals surface area contributed by atoms with E-state index < -0.39 is 16.2 Å². The Bertz CT molecular complexity index is 670. The number of aliphatic hydroxyl groups is 1. The standard InChI is InChI=1S/C24H41ClO2S/c1-17(2)20(15-26)24(9,16-28(27)23(6,7)8)19-11-10-18(21(25)14-19)12-13-22(3,4)5/h10-11,14,17,20,26H,12-13,15-16H2,1-9H3/t20?,24-,28+/m0/s1. The van der Waals surface area contributed by atoms with Gasteiger partial charge in [-0.15, -0.1) is 0 Å². The SMILES string of the molecule is CC(C)C(CO)[C@@](C)(C[S@@](=O)C(C)(C)C)c1ccc(CCC(C)(C)C)c(Cl)c1. The quantitative estimate of drug-likeness (QED) is 0.520. The van der Waals surface area contributed by atoms with Crippen LogP contribution < -0.4 is 0 Å². The van der Waals surface area contributed by atoms with E-state index in [9.17, 15) is 9.32 Å². The molecule has 0 saturated heterocycles. The largest absolute Gasteiger partial charge is 0.396 e. The monoisotopic (exact) mass is 428 g/mol. The number of hydrogen-bond donors (Lipinski definition) is 1. The van der Waals surface area contributed by atoms with E-state index in [2.05, 4.69) is 53.7 Å². The Labute approximate surface area is 180 Å². The summed E-state index contributed by atoms with van der Waals surface area (Å²) in [5, 5.41) is 10.9. The van der Waals surface area contributed by atoms with E-state index in [-0.39, 0.29) is 28.6 Å². The van der Waals surface area contributed by atoms with Crippen molar-refractivity contribution in [2.75, 3.05) is 12.4 Å². The molecule has 0 aliphatic heterocycles. The average Bonchev–Trinajstić information content (AvgIpc) is 2.51. The fourth-order valence-corrected chi connectivity index (χ4v) is 5.29. The zero-order valence-electron chi connectivity index (χ0n) is 19.4. The van der Waals surface area contributed by atoms with E-state index in [4.69, 9.17) is 11.6 Å². The Balaban J connectivity index is 3.34. The van der Waals surface area contributed by atoms with Crippen molar-refractivity contribution in [2.24, 2.45) is 17.3 Å². The van der Waals surface area contributed by atoms with Crippen LogP contribution in [0, 0.1) is 17.3 Å². The fourth-order valence-electron chi connectivity index (χ4n) is 3.66. The molecular weight excluding hydrogens is 388 g/mol. The van der Waals surface area contributed by atoms with E-state index in [1.807, 2.05) is 26.8 Å².